The number of nitrogens with one attached hydrogen (secondary N) is 1. The number of rotatable bonds is 8. The molecule has 0 saturated heterocycles. The van der Waals surface area contributed by atoms with Gasteiger partial charge in [-0.25, -0.2) is 0 Å². The molecule has 1 aromatic carbocycles. The van der Waals surface area contributed by atoms with Crippen LogP contribution < -0.4 is 5.32 Å². The maximum absolute atomic E-state index is 12.0. The number of ketones is 1. The van der Waals surface area contributed by atoms with E-state index >= 15 is 0 Å². The lowest BCUT2D eigenvalue weighted by Crippen LogP contribution is -2.24. The second-order valence-corrected chi connectivity index (χ2v) is 6.70. The van der Waals surface area contributed by atoms with Crippen LogP contribution >= 0.6 is 34.5 Å². The third-order valence-electron chi connectivity index (χ3n) is 3.22. The molecule has 25 heavy (non-hydrogen) atoms. The molecule has 0 atom stereocenters. The highest BCUT2D eigenvalue weighted by molar-refractivity contribution is 7.08. The van der Waals surface area contributed by atoms with Crippen LogP contribution in [0.1, 0.15) is 33.6 Å². The number of carbonyl (C=O) groups excluding carboxylic acids is 3. The van der Waals surface area contributed by atoms with Crippen LogP contribution in [0.4, 0.5) is 0 Å². The summed E-state index contributed by atoms with van der Waals surface area (Å²) in [5.41, 5.74) is 0.847. The van der Waals surface area contributed by atoms with Crippen molar-refractivity contribution in [2.75, 3.05) is 13.2 Å². The van der Waals surface area contributed by atoms with E-state index in [1.807, 2.05) is 5.38 Å². The minimum absolute atomic E-state index is 0.103. The topological polar surface area (TPSA) is 72.5 Å². The van der Waals surface area contributed by atoms with Crippen LogP contribution in [0, 0.1) is 0 Å². The van der Waals surface area contributed by atoms with Crippen molar-refractivity contribution < 1.29 is 19.1 Å². The highest BCUT2D eigenvalue weighted by Crippen LogP contribution is 2.21. The van der Waals surface area contributed by atoms with Gasteiger partial charge in [0.2, 0.25) is 5.78 Å². The molecular weight excluding hydrogens is 385 g/mol. The van der Waals surface area contributed by atoms with E-state index in [0.717, 1.165) is 0 Å². The van der Waals surface area contributed by atoms with Gasteiger partial charge in [-0.2, -0.15) is 11.3 Å². The molecule has 0 unspecified atom stereocenters. The lowest BCUT2D eigenvalue weighted by atomic mass is 10.1. The third-order valence-corrected chi connectivity index (χ3v) is 4.45. The zero-order valence-corrected chi connectivity index (χ0v) is 15.4. The van der Waals surface area contributed by atoms with Crippen LogP contribution in [-0.2, 0) is 9.53 Å². The molecule has 0 radical (unpaired) electrons. The summed E-state index contributed by atoms with van der Waals surface area (Å²) in [5, 5.41) is 6.90. The summed E-state index contributed by atoms with van der Waals surface area (Å²) in [6.07, 6.45) is 0.524. The van der Waals surface area contributed by atoms with Crippen LogP contribution in [0.15, 0.2) is 35.0 Å². The lowest BCUT2D eigenvalue weighted by Gasteiger charge is -2.07. The average molecular weight is 400 g/mol. The first-order valence-electron chi connectivity index (χ1n) is 7.41. The Balaban J connectivity index is 1.66. The first-order valence-corrected chi connectivity index (χ1v) is 9.11. The van der Waals surface area contributed by atoms with Crippen molar-refractivity contribution in [3.05, 3.63) is 56.2 Å². The molecular formula is C17H15Cl2NO4S. The van der Waals surface area contributed by atoms with Crippen LogP contribution in [0.3, 0.4) is 0 Å². The van der Waals surface area contributed by atoms with E-state index in [-0.39, 0.29) is 29.5 Å². The maximum Gasteiger partial charge on any atom is 0.306 e. The van der Waals surface area contributed by atoms with E-state index in [9.17, 15) is 14.4 Å². The van der Waals surface area contributed by atoms with E-state index in [4.69, 9.17) is 27.9 Å². The Kier molecular flexibility index (Phi) is 7.43. The van der Waals surface area contributed by atoms with Gasteiger partial charge in [0.15, 0.2) is 6.61 Å². The summed E-state index contributed by atoms with van der Waals surface area (Å²) in [7, 11) is 0. The van der Waals surface area contributed by atoms with Gasteiger partial charge in [-0.3, -0.25) is 14.4 Å². The predicted octanol–water partition coefficient (Wildman–Crippen LogP) is 3.99. The van der Waals surface area contributed by atoms with Crippen molar-refractivity contribution in [3.8, 4) is 0 Å². The average Bonchev–Trinajstić information content (AvgIpc) is 3.11. The third kappa shape index (κ3) is 6.16. The molecule has 1 N–H and O–H groups in total. The number of ether oxygens (including phenoxy) is 1. The summed E-state index contributed by atoms with van der Waals surface area (Å²) in [5.74, 6) is -1.09. The number of Topliss-reactive ketones (excluding diaryl/α,β-unsaturated/α-hetero) is 1. The van der Waals surface area contributed by atoms with Gasteiger partial charge in [-0.05, 0) is 36.1 Å². The molecule has 0 saturated carbocycles. The van der Waals surface area contributed by atoms with Gasteiger partial charge in [0.25, 0.3) is 5.91 Å². The van der Waals surface area contributed by atoms with Crippen molar-refractivity contribution in [1.29, 1.82) is 0 Å². The molecule has 1 aromatic heterocycles. The molecule has 2 rings (SSSR count). The number of halogens is 2. The molecule has 0 bridgehead atoms. The molecule has 0 aliphatic heterocycles. The van der Waals surface area contributed by atoms with Gasteiger partial charge in [0, 0.05) is 34.5 Å². The molecule has 8 heteroatoms. The molecule has 132 valence electrons. The van der Waals surface area contributed by atoms with Gasteiger partial charge in [-0.1, -0.05) is 23.2 Å². The molecule has 1 amide bonds. The first kappa shape index (κ1) is 19.4. The van der Waals surface area contributed by atoms with Gasteiger partial charge in [0.1, 0.15) is 0 Å². The van der Waals surface area contributed by atoms with Gasteiger partial charge in [-0.15, -0.1) is 0 Å². The smallest absolute Gasteiger partial charge is 0.306 e. The van der Waals surface area contributed by atoms with Gasteiger partial charge < -0.3 is 10.1 Å². The van der Waals surface area contributed by atoms with E-state index in [1.165, 1.54) is 23.5 Å². The molecule has 0 aliphatic rings. The molecule has 0 spiro atoms. The first-order chi connectivity index (χ1) is 12.0. The second kappa shape index (κ2) is 9.56. The summed E-state index contributed by atoms with van der Waals surface area (Å²) < 4.78 is 4.93. The van der Waals surface area contributed by atoms with Crippen molar-refractivity contribution in [2.45, 2.75) is 12.8 Å². The Morgan fingerprint density at radius 3 is 2.64 bits per heavy atom. The lowest BCUT2D eigenvalue weighted by molar-refractivity contribution is -0.142. The van der Waals surface area contributed by atoms with Crippen LogP contribution in [-0.4, -0.2) is 30.8 Å². The fourth-order valence-electron chi connectivity index (χ4n) is 1.94. The normalized spacial score (nSPS) is 10.3. The molecule has 2 aromatic rings. The largest absolute Gasteiger partial charge is 0.457 e. The zero-order valence-electron chi connectivity index (χ0n) is 13.1. The van der Waals surface area contributed by atoms with Crippen LogP contribution in [0.25, 0.3) is 0 Å². The minimum Gasteiger partial charge on any atom is -0.457 e. The quantitative estimate of drug-likeness (QED) is 0.413. The Morgan fingerprint density at radius 1 is 1.16 bits per heavy atom. The van der Waals surface area contributed by atoms with E-state index in [0.29, 0.717) is 23.6 Å². The van der Waals surface area contributed by atoms with Gasteiger partial charge >= 0.3 is 5.97 Å². The number of esters is 1. The summed E-state index contributed by atoms with van der Waals surface area (Å²) in [6.45, 7) is -0.0395. The standard InChI is InChI=1S/C17H15Cl2NO4S/c18-12-3-4-13(14(19)8-12)15(21)9-24-16(22)2-1-6-20-17(23)11-5-7-25-10-11/h3-5,7-8,10H,1-2,6,9H2,(H,20,23). The fraction of sp³-hybridized carbons (Fsp3) is 0.235. The summed E-state index contributed by atoms with van der Waals surface area (Å²) in [6, 6.07) is 6.20. The van der Waals surface area contributed by atoms with Crippen LogP contribution in [0.5, 0.6) is 0 Å². The molecule has 0 fully saturated rings. The number of benzene rings is 1. The van der Waals surface area contributed by atoms with Gasteiger partial charge in [0.05, 0.1) is 5.02 Å². The molecule has 1 heterocycles. The van der Waals surface area contributed by atoms with Crippen molar-refractivity contribution >= 4 is 52.2 Å². The van der Waals surface area contributed by atoms with Crippen molar-refractivity contribution in [3.63, 3.8) is 0 Å². The van der Waals surface area contributed by atoms with Crippen molar-refractivity contribution in [1.82, 2.24) is 5.32 Å². The Labute approximate surface area is 158 Å². The number of amides is 1. The van der Waals surface area contributed by atoms with Crippen molar-refractivity contribution in [2.24, 2.45) is 0 Å². The van der Waals surface area contributed by atoms with E-state index in [1.54, 1.807) is 17.5 Å². The maximum atomic E-state index is 12.0. The minimum atomic E-state index is -0.511. The fourth-order valence-corrected chi connectivity index (χ4v) is 3.09. The second-order valence-electron chi connectivity index (χ2n) is 5.08. The monoisotopic (exact) mass is 399 g/mol. The highest BCUT2D eigenvalue weighted by Gasteiger charge is 2.13. The molecule has 0 aliphatic carbocycles. The van der Waals surface area contributed by atoms with E-state index in [2.05, 4.69) is 5.32 Å². The number of hydrogen-bond acceptors (Lipinski definition) is 5. The SMILES string of the molecule is O=C(CCCNC(=O)c1ccsc1)OCC(=O)c1ccc(Cl)cc1Cl. The summed E-state index contributed by atoms with van der Waals surface area (Å²) >= 11 is 13.1. The highest BCUT2D eigenvalue weighted by atomic mass is 35.5. The Hall–Kier alpha value is -1.89. The number of thiophene rings is 1. The van der Waals surface area contributed by atoms with E-state index < -0.39 is 11.8 Å². The Morgan fingerprint density at radius 2 is 1.96 bits per heavy atom. The number of carbonyl (C=O) groups is 3. The Bertz CT molecular complexity index is 762. The zero-order chi connectivity index (χ0) is 18.2. The number of hydrogen-bond donors (Lipinski definition) is 1. The molecule has 5 nitrogen and oxygen atoms in total. The summed E-state index contributed by atoms with van der Waals surface area (Å²) in [4.78, 5) is 35.3. The van der Waals surface area contributed by atoms with Crippen LogP contribution in [0.2, 0.25) is 10.0 Å². The predicted molar refractivity (Wildman–Crippen MR) is 97.6 cm³/mol.